The molecule has 1 unspecified atom stereocenters. The van der Waals surface area contributed by atoms with Crippen LogP contribution in [-0.2, 0) is 4.74 Å². The summed E-state index contributed by atoms with van der Waals surface area (Å²) in [4.78, 5) is 3.46. The molecule has 0 aliphatic carbocycles. The minimum Gasteiger partial charge on any atom is -0.376 e. The van der Waals surface area contributed by atoms with Crippen molar-refractivity contribution in [3.8, 4) is 0 Å². The van der Waals surface area contributed by atoms with Crippen LogP contribution in [0.2, 0.25) is 0 Å². The lowest BCUT2D eigenvalue weighted by Crippen LogP contribution is -2.37. The molecule has 0 aromatic carbocycles. The monoisotopic (exact) mass is 207 g/mol. The third kappa shape index (κ3) is 4.36. The van der Waals surface area contributed by atoms with Gasteiger partial charge < -0.3 is 15.8 Å². The fourth-order valence-electron chi connectivity index (χ4n) is 1.25. The molecular formula is C8H15F2N3O. The van der Waals surface area contributed by atoms with Crippen molar-refractivity contribution < 1.29 is 13.5 Å². The van der Waals surface area contributed by atoms with Crippen LogP contribution in [0.5, 0.6) is 0 Å². The standard InChI is InChI=1S/C8H15F2N3O/c9-7(10)5-13-8(11)12-4-6-2-1-3-14-6/h6-7H,1-5H2,(H3,11,12,13). The minimum atomic E-state index is -2.45. The van der Waals surface area contributed by atoms with Crippen LogP contribution in [0, 0.1) is 0 Å². The van der Waals surface area contributed by atoms with Gasteiger partial charge in [0.25, 0.3) is 6.43 Å². The lowest BCUT2D eigenvalue weighted by atomic mass is 10.2. The molecule has 82 valence electrons. The first kappa shape index (κ1) is 11.2. The summed E-state index contributed by atoms with van der Waals surface area (Å²) < 4.78 is 28.8. The van der Waals surface area contributed by atoms with E-state index in [2.05, 4.69) is 10.3 Å². The lowest BCUT2D eigenvalue weighted by molar-refractivity contribution is 0.114. The van der Waals surface area contributed by atoms with E-state index in [9.17, 15) is 8.78 Å². The van der Waals surface area contributed by atoms with Crippen LogP contribution in [0.1, 0.15) is 12.8 Å². The van der Waals surface area contributed by atoms with Gasteiger partial charge in [-0.05, 0) is 12.8 Å². The molecule has 4 nitrogen and oxygen atoms in total. The Morgan fingerprint density at radius 1 is 1.64 bits per heavy atom. The summed E-state index contributed by atoms with van der Waals surface area (Å²) in [7, 11) is 0. The Morgan fingerprint density at radius 3 is 3.00 bits per heavy atom. The summed E-state index contributed by atoms with van der Waals surface area (Å²) >= 11 is 0. The van der Waals surface area contributed by atoms with E-state index in [1.807, 2.05) is 0 Å². The van der Waals surface area contributed by atoms with Crippen LogP contribution in [-0.4, -0.2) is 38.2 Å². The molecule has 1 aliphatic rings. The van der Waals surface area contributed by atoms with Gasteiger partial charge in [0.1, 0.15) is 6.54 Å². The normalized spacial score (nSPS) is 23.1. The fourth-order valence-corrected chi connectivity index (χ4v) is 1.25. The van der Waals surface area contributed by atoms with E-state index in [0.29, 0.717) is 6.54 Å². The molecule has 1 saturated heterocycles. The van der Waals surface area contributed by atoms with Crippen molar-refractivity contribution in [2.45, 2.75) is 25.4 Å². The Bertz CT molecular complexity index is 193. The van der Waals surface area contributed by atoms with Crippen LogP contribution in [0.4, 0.5) is 8.78 Å². The van der Waals surface area contributed by atoms with Crippen LogP contribution < -0.4 is 11.1 Å². The van der Waals surface area contributed by atoms with Gasteiger partial charge in [-0.1, -0.05) is 0 Å². The van der Waals surface area contributed by atoms with E-state index in [-0.39, 0.29) is 12.1 Å². The predicted octanol–water partition coefficient (Wildman–Crippen LogP) is 0.335. The number of hydrogen-bond acceptors (Lipinski definition) is 2. The van der Waals surface area contributed by atoms with Crippen LogP contribution >= 0.6 is 0 Å². The second kappa shape index (κ2) is 5.74. The number of nitrogens with one attached hydrogen (secondary N) is 1. The topological polar surface area (TPSA) is 59.6 Å². The molecule has 1 heterocycles. The van der Waals surface area contributed by atoms with Gasteiger partial charge in [-0.15, -0.1) is 0 Å². The SMILES string of the molecule is NC(=NCC(F)F)NCC1CCCO1. The number of alkyl halides is 2. The zero-order valence-corrected chi connectivity index (χ0v) is 7.88. The predicted molar refractivity (Wildman–Crippen MR) is 49.5 cm³/mol. The molecule has 0 bridgehead atoms. The lowest BCUT2D eigenvalue weighted by Gasteiger charge is -2.10. The number of rotatable bonds is 4. The van der Waals surface area contributed by atoms with Crippen molar-refractivity contribution in [2.24, 2.45) is 10.7 Å². The van der Waals surface area contributed by atoms with Crippen LogP contribution in [0.3, 0.4) is 0 Å². The largest absolute Gasteiger partial charge is 0.376 e. The quantitative estimate of drug-likeness (QED) is 0.516. The molecule has 1 fully saturated rings. The zero-order chi connectivity index (χ0) is 10.4. The van der Waals surface area contributed by atoms with Crippen molar-refractivity contribution in [3.05, 3.63) is 0 Å². The Hall–Kier alpha value is -0.910. The average Bonchev–Trinajstić information content (AvgIpc) is 2.63. The Balaban J connectivity index is 2.12. The van der Waals surface area contributed by atoms with Crippen molar-refractivity contribution in [1.29, 1.82) is 0 Å². The van der Waals surface area contributed by atoms with Gasteiger partial charge in [0.05, 0.1) is 6.10 Å². The highest BCUT2D eigenvalue weighted by molar-refractivity contribution is 5.77. The number of guanidine groups is 1. The maximum atomic E-state index is 11.7. The van der Waals surface area contributed by atoms with Crippen LogP contribution in [0.15, 0.2) is 4.99 Å². The van der Waals surface area contributed by atoms with E-state index >= 15 is 0 Å². The molecule has 1 rings (SSSR count). The molecule has 0 aromatic rings. The number of nitrogens with zero attached hydrogens (tertiary/aromatic N) is 1. The summed E-state index contributed by atoms with van der Waals surface area (Å²) in [6, 6.07) is 0. The van der Waals surface area contributed by atoms with Crippen LogP contribution in [0.25, 0.3) is 0 Å². The highest BCUT2D eigenvalue weighted by Crippen LogP contribution is 2.10. The molecular weight excluding hydrogens is 192 g/mol. The molecule has 1 atom stereocenters. The summed E-state index contributed by atoms with van der Waals surface area (Å²) in [5, 5.41) is 2.75. The van der Waals surface area contributed by atoms with Gasteiger partial charge in [-0.2, -0.15) is 0 Å². The third-order valence-electron chi connectivity index (χ3n) is 1.93. The summed E-state index contributed by atoms with van der Waals surface area (Å²) in [6.07, 6.45) is -0.288. The van der Waals surface area contributed by atoms with E-state index in [4.69, 9.17) is 10.5 Å². The van der Waals surface area contributed by atoms with Gasteiger partial charge in [0, 0.05) is 13.2 Å². The minimum absolute atomic E-state index is 0.0563. The highest BCUT2D eigenvalue weighted by Gasteiger charge is 2.14. The smallest absolute Gasteiger partial charge is 0.257 e. The number of aliphatic imine (C=N–C) groups is 1. The number of nitrogens with two attached hydrogens (primary N) is 1. The Morgan fingerprint density at radius 2 is 2.43 bits per heavy atom. The van der Waals surface area contributed by atoms with Gasteiger partial charge in [-0.3, -0.25) is 0 Å². The van der Waals surface area contributed by atoms with Crippen molar-refractivity contribution >= 4 is 5.96 Å². The van der Waals surface area contributed by atoms with Gasteiger partial charge in [0.15, 0.2) is 5.96 Å². The molecule has 0 aromatic heterocycles. The number of ether oxygens (including phenoxy) is 1. The molecule has 14 heavy (non-hydrogen) atoms. The van der Waals surface area contributed by atoms with Crippen molar-refractivity contribution in [1.82, 2.24) is 5.32 Å². The molecule has 3 N–H and O–H groups in total. The van der Waals surface area contributed by atoms with E-state index in [1.165, 1.54) is 0 Å². The zero-order valence-electron chi connectivity index (χ0n) is 7.88. The second-order valence-electron chi connectivity index (χ2n) is 3.13. The second-order valence-corrected chi connectivity index (χ2v) is 3.13. The van der Waals surface area contributed by atoms with Crippen molar-refractivity contribution in [2.75, 3.05) is 19.7 Å². The molecule has 1 aliphatic heterocycles. The number of hydrogen-bond donors (Lipinski definition) is 2. The summed E-state index contributed by atoms with van der Waals surface area (Å²) in [5.41, 5.74) is 5.35. The molecule has 0 radical (unpaired) electrons. The first-order valence-corrected chi connectivity index (χ1v) is 4.62. The average molecular weight is 207 g/mol. The van der Waals surface area contributed by atoms with Gasteiger partial charge in [0.2, 0.25) is 0 Å². The molecule has 6 heteroatoms. The third-order valence-corrected chi connectivity index (χ3v) is 1.93. The van der Waals surface area contributed by atoms with Gasteiger partial charge >= 0.3 is 0 Å². The van der Waals surface area contributed by atoms with E-state index < -0.39 is 13.0 Å². The first-order chi connectivity index (χ1) is 6.68. The maximum Gasteiger partial charge on any atom is 0.257 e. The van der Waals surface area contributed by atoms with E-state index in [1.54, 1.807) is 0 Å². The molecule has 0 saturated carbocycles. The van der Waals surface area contributed by atoms with Gasteiger partial charge in [-0.25, -0.2) is 13.8 Å². The van der Waals surface area contributed by atoms with E-state index in [0.717, 1.165) is 19.4 Å². The fraction of sp³-hybridized carbons (Fsp3) is 0.875. The Labute approximate surface area is 81.5 Å². The summed E-state index contributed by atoms with van der Waals surface area (Å²) in [6.45, 7) is 0.753. The molecule has 0 amide bonds. The van der Waals surface area contributed by atoms with Crippen molar-refractivity contribution in [3.63, 3.8) is 0 Å². The Kier molecular flexibility index (Phi) is 4.58. The highest BCUT2D eigenvalue weighted by atomic mass is 19.3. The maximum absolute atomic E-state index is 11.7. The molecule has 0 spiro atoms. The number of halogens is 2. The first-order valence-electron chi connectivity index (χ1n) is 4.62. The summed E-state index contributed by atoms with van der Waals surface area (Å²) in [5.74, 6) is 0.0563.